The van der Waals surface area contributed by atoms with Crippen molar-refractivity contribution in [1.29, 1.82) is 0 Å². The zero-order valence-electron chi connectivity index (χ0n) is 15.0. The van der Waals surface area contributed by atoms with Gasteiger partial charge >= 0.3 is 6.03 Å². The van der Waals surface area contributed by atoms with Gasteiger partial charge in [-0.15, -0.1) is 0 Å². The van der Waals surface area contributed by atoms with Crippen molar-refractivity contribution in [2.75, 3.05) is 37.0 Å². The molecule has 140 valence electrons. The van der Waals surface area contributed by atoms with Crippen LogP contribution in [0.25, 0.3) is 0 Å². The number of hydrogen-bond donors (Lipinski definition) is 2. The first-order chi connectivity index (χ1) is 13.1. The molecule has 2 aliphatic rings. The van der Waals surface area contributed by atoms with Gasteiger partial charge in [0.1, 0.15) is 11.9 Å². The first-order valence-corrected chi connectivity index (χ1v) is 8.89. The largest absolute Gasteiger partial charge is 0.482 e. The summed E-state index contributed by atoms with van der Waals surface area (Å²) in [6.07, 6.45) is 0.740. The van der Waals surface area contributed by atoms with E-state index in [0.717, 1.165) is 12.0 Å². The molecule has 3 amide bonds. The number of likely N-dealkylation sites (N-methyl/N-ethyl adjacent to an activating group) is 1. The number of hydrogen-bond acceptors (Lipinski definition) is 4. The molecular formula is C20H21N3O4. The third-order valence-corrected chi connectivity index (χ3v) is 4.84. The fourth-order valence-corrected chi connectivity index (χ4v) is 3.36. The molecule has 0 radical (unpaired) electrons. The molecule has 0 spiro atoms. The van der Waals surface area contributed by atoms with Gasteiger partial charge in [-0.2, -0.15) is 0 Å². The van der Waals surface area contributed by atoms with Gasteiger partial charge in [0.2, 0.25) is 0 Å². The zero-order valence-corrected chi connectivity index (χ0v) is 15.0. The second-order valence-electron chi connectivity index (χ2n) is 6.57. The number of anilines is 2. The summed E-state index contributed by atoms with van der Waals surface area (Å²) < 4.78 is 11.2. The van der Waals surface area contributed by atoms with Crippen LogP contribution in [-0.4, -0.2) is 38.7 Å². The summed E-state index contributed by atoms with van der Waals surface area (Å²) in [5, 5.41) is 5.65. The third kappa shape index (κ3) is 3.59. The van der Waals surface area contributed by atoms with E-state index in [0.29, 0.717) is 30.3 Å². The molecule has 0 aliphatic carbocycles. The standard InChI is InChI=1S/C20H21N3O4/c1-23-16-10-14(6-7-17(16)27-12-19(23)24)22-20(25)21-11-18-15-5-3-2-4-13(15)8-9-26-18/h2-7,10,18H,8-9,11-12H2,1H3,(H2,21,22,25)/t18-/m0/s1. The van der Waals surface area contributed by atoms with Crippen molar-refractivity contribution >= 4 is 23.3 Å². The Morgan fingerprint density at radius 3 is 3.00 bits per heavy atom. The van der Waals surface area contributed by atoms with E-state index in [2.05, 4.69) is 16.7 Å². The Bertz CT molecular complexity index is 883. The van der Waals surface area contributed by atoms with Crippen LogP contribution in [0.5, 0.6) is 5.75 Å². The lowest BCUT2D eigenvalue weighted by atomic mass is 9.98. The molecular weight excluding hydrogens is 346 g/mol. The number of carbonyl (C=O) groups is 2. The average Bonchev–Trinajstić information content (AvgIpc) is 2.69. The normalized spacial score (nSPS) is 18.2. The molecule has 1 atom stereocenters. The number of rotatable bonds is 3. The molecule has 4 rings (SSSR count). The summed E-state index contributed by atoms with van der Waals surface area (Å²) in [5.41, 5.74) is 3.60. The summed E-state index contributed by atoms with van der Waals surface area (Å²) in [5.74, 6) is 0.493. The summed E-state index contributed by atoms with van der Waals surface area (Å²) in [6.45, 7) is 1.06. The molecule has 0 fully saturated rings. The monoisotopic (exact) mass is 367 g/mol. The van der Waals surface area contributed by atoms with E-state index in [4.69, 9.17) is 9.47 Å². The van der Waals surface area contributed by atoms with Crippen LogP contribution in [-0.2, 0) is 16.0 Å². The summed E-state index contributed by atoms with van der Waals surface area (Å²) in [4.78, 5) is 25.6. The Hall–Kier alpha value is -3.06. The van der Waals surface area contributed by atoms with Crippen molar-refractivity contribution in [2.45, 2.75) is 12.5 Å². The Morgan fingerprint density at radius 1 is 1.26 bits per heavy atom. The maximum absolute atomic E-state index is 12.3. The minimum atomic E-state index is -0.327. The van der Waals surface area contributed by atoms with Gasteiger partial charge in [-0.25, -0.2) is 4.79 Å². The van der Waals surface area contributed by atoms with E-state index in [1.54, 1.807) is 25.2 Å². The zero-order chi connectivity index (χ0) is 18.8. The number of carbonyl (C=O) groups excluding carboxylic acids is 2. The van der Waals surface area contributed by atoms with E-state index in [-0.39, 0.29) is 24.6 Å². The predicted molar refractivity (Wildman–Crippen MR) is 101 cm³/mol. The predicted octanol–water partition coefficient (Wildman–Crippen LogP) is 2.48. The van der Waals surface area contributed by atoms with Crippen LogP contribution in [0.15, 0.2) is 42.5 Å². The molecule has 0 bridgehead atoms. The number of benzene rings is 2. The highest BCUT2D eigenvalue weighted by atomic mass is 16.5. The van der Waals surface area contributed by atoms with Crippen molar-refractivity contribution in [3.8, 4) is 5.75 Å². The van der Waals surface area contributed by atoms with Crippen LogP contribution in [0.4, 0.5) is 16.2 Å². The van der Waals surface area contributed by atoms with E-state index in [1.165, 1.54) is 10.5 Å². The molecule has 0 aromatic heterocycles. The van der Waals surface area contributed by atoms with Crippen LogP contribution in [0, 0.1) is 0 Å². The molecule has 0 unspecified atom stereocenters. The maximum Gasteiger partial charge on any atom is 0.319 e. The molecule has 27 heavy (non-hydrogen) atoms. The number of ether oxygens (including phenoxy) is 2. The van der Waals surface area contributed by atoms with Crippen molar-refractivity contribution in [1.82, 2.24) is 5.32 Å². The fourth-order valence-electron chi connectivity index (χ4n) is 3.36. The van der Waals surface area contributed by atoms with Crippen LogP contribution in [0.1, 0.15) is 17.2 Å². The number of urea groups is 1. The number of nitrogens with zero attached hydrogens (tertiary/aromatic N) is 1. The Kier molecular flexibility index (Phi) is 4.68. The highest BCUT2D eigenvalue weighted by Gasteiger charge is 2.23. The minimum absolute atomic E-state index is 0.0274. The molecule has 2 aromatic carbocycles. The fraction of sp³-hybridized carbons (Fsp3) is 0.300. The lowest BCUT2D eigenvalue weighted by Crippen LogP contribution is -2.36. The van der Waals surface area contributed by atoms with Crippen molar-refractivity contribution in [3.05, 3.63) is 53.6 Å². The van der Waals surface area contributed by atoms with Gasteiger partial charge in [-0.05, 0) is 35.7 Å². The highest BCUT2D eigenvalue weighted by Crippen LogP contribution is 2.33. The van der Waals surface area contributed by atoms with Crippen LogP contribution < -0.4 is 20.3 Å². The topological polar surface area (TPSA) is 79.9 Å². The van der Waals surface area contributed by atoms with Crippen LogP contribution >= 0.6 is 0 Å². The quantitative estimate of drug-likeness (QED) is 0.873. The van der Waals surface area contributed by atoms with E-state index in [9.17, 15) is 9.59 Å². The first-order valence-electron chi connectivity index (χ1n) is 8.89. The second-order valence-corrected chi connectivity index (χ2v) is 6.57. The Morgan fingerprint density at radius 2 is 2.11 bits per heavy atom. The van der Waals surface area contributed by atoms with E-state index < -0.39 is 0 Å². The molecule has 2 N–H and O–H groups in total. The lowest BCUT2D eigenvalue weighted by molar-refractivity contribution is -0.120. The second kappa shape index (κ2) is 7.28. The summed E-state index contributed by atoms with van der Waals surface area (Å²) in [7, 11) is 1.69. The van der Waals surface area contributed by atoms with Gasteiger partial charge in [0.05, 0.1) is 12.3 Å². The van der Waals surface area contributed by atoms with Crippen LogP contribution in [0.3, 0.4) is 0 Å². The van der Waals surface area contributed by atoms with Crippen LogP contribution in [0.2, 0.25) is 0 Å². The van der Waals surface area contributed by atoms with Gasteiger partial charge in [-0.3, -0.25) is 4.79 Å². The molecule has 0 saturated heterocycles. The van der Waals surface area contributed by atoms with E-state index in [1.807, 2.05) is 18.2 Å². The smallest absolute Gasteiger partial charge is 0.319 e. The minimum Gasteiger partial charge on any atom is -0.482 e. The molecule has 2 aliphatic heterocycles. The van der Waals surface area contributed by atoms with Gasteiger partial charge in [-0.1, -0.05) is 24.3 Å². The lowest BCUT2D eigenvalue weighted by Gasteiger charge is -2.27. The van der Waals surface area contributed by atoms with Crippen molar-refractivity contribution in [3.63, 3.8) is 0 Å². The molecule has 7 heteroatoms. The van der Waals surface area contributed by atoms with Crippen molar-refractivity contribution < 1.29 is 19.1 Å². The summed E-state index contributed by atoms with van der Waals surface area (Å²) >= 11 is 0. The Balaban J connectivity index is 1.39. The number of amides is 3. The van der Waals surface area contributed by atoms with E-state index >= 15 is 0 Å². The van der Waals surface area contributed by atoms with Crippen molar-refractivity contribution in [2.24, 2.45) is 0 Å². The first kappa shape index (κ1) is 17.4. The average molecular weight is 367 g/mol. The highest BCUT2D eigenvalue weighted by molar-refractivity contribution is 5.99. The SMILES string of the molecule is CN1C(=O)COc2ccc(NC(=O)NC[C@@H]3OCCc4ccccc43)cc21. The van der Waals surface area contributed by atoms with Gasteiger partial charge in [0.15, 0.2) is 6.61 Å². The third-order valence-electron chi connectivity index (χ3n) is 4.84. The molecule has 2 aromatic rings. The number of nitrogens with one attached hydrogen (secondary N) is 2. The maximum atomic E-state index is 12.3. The van der Waals surface area contributed by atoms with Gasteiger partial charge < -0.3 is 25.0 Å². The summed E-state index contributed by atoms with van der Waals surface area (Å²) in [6, 6.07) is 13.0. The molecule has 2 heterocycles. The van der Waals surface area contributed by atoms with Gasteiger partial charge in [0.25, 0.3) is 5.91 Å². The van der Waals surface area contributed by atoms with Gasteiger partial charge in [0, 0.05) is 19.3 Å². The molecule has 0 saturated carbocycles. The number of fused-ring (bicyclic) bond motifs is 2. The Labute approximate surface area is 157 Å². The molecule has 7 nitrogen and oxygen atoms in total.